The molecule has 1 fully saturated rings. The predicted molar refractivity (Wildman–Crippen MR) is 266 cm³/mol. The first-order chi connectivity index (χ1) is 32.6. The van der Waals surface area contributed by atoms with Gasteiger partial charge in [0.1, 0.15) is 33.3 Å². The summed E-state index contributed by atoms with van der Waals surface area (Å²) in [6, 6.07) is 19.7. The summed E-state index contributed by atoms with van der Waals surface area (Å²) in [5.74, 6) is -2.63. The molecule has 11 nitrogen and oxygen atoms in total. The van der Waals surface area contributed by atoms with E-state index < -0.39 is 29.3 Å². The van der Waals surface area contributed by atoms with Gasteiger partial charge >= 0.3 is 12.1 Å². The van der Waals surface area contributed by atoms with E-state index in [4.69, 9.17) is 51.4 Å². The maximum atomic E-state index is 14.7. The van der Waals surface area contributed by atoms with Crippen molar-refractivity contribution in [3.8, 4) is 0 Å². The molecule has 2 aromatic heterocycles. The van der Waals surface area contributed by atoms with E-state index in [2.05, 4.69) is 60.3 Å². The zero-order valence-electron chi connectivity index (χ0n) is 35.9. The zero-order valence-corrected chi connectivity index (χ0v) is 42.1. The fourth-order valence-electron chi connectivity index (χ4n) is 7.45. The Bertz CT molecular complexity index is 2880. The monoisotopic (exact) mass is 1110 g/mol. The van der Waals surface area contributed by atoms with Crippen LogP contribution < -0.4 is 25.3 Å². The number of aromatic nitrogens is 2. The fraction of sp³-hybridized carbons (Fsp3) is 0.217. The number of hydrogen-bond donors (Lipinski definition) is 2. The van der Waals surface area contributed by atoms with E-state index in [-0.39, 0.29) is 28.9 Å². The van der Waals surface area contributed by atoms with Gasteiger partial charge in [-0.2, -0.15) is 0 Å². The molecule has 6 aromatic rings. The van der Waals surface area contributed by atoms with Crippen molar-refractivity contribution in [2.45, 2.75) is 32.9 Å². The largest absolute Gasteiger partial charge is 0.367 e. The third-order valence-corrected chi connectivity index (χ3v) is 15.0. The molecule has 3 aliphatic heterocycles. The van der Waals surface area contributed by atoms with Crippen LogP contribution in [0.2, 0.25) is 20.1 Å². The molecule has 0 unspecified atom stereocenters. The van der Waals surface area contributed by atoms with E-state index in [1.54, 1.807) is 42.5 Å². The quantitative estimate of drug-likeness (QED) is 0.130. The first-order valence-corrected chi connectivity index (χ1v) is 24.6. The minimum atomic E-state index is -0.681. The Morgan fingerprint density at radius 3 is 1.56 bits per heavy atom. The normalized spacial score (nSPS) is 14.9. The average Bonchev–Trinajstić information content (AvgIpc) is 3.29. The van der Waals surface area contributed by atoms with Crippen molar-refractivity contribution >= 4 is 126 Å². The van der Waals surface area contributed by atoms with Crippen molar-refractivity contribution in [1.29, 1.82) is 0 Å². The second-order valence-corrected chi connectivity index (χ2v) is 20.2. The van der Waals surface area contributed by atoms with Crippen LogP contribution in [-0.2, 0) is 13.1 Å². The van der Waals surface area contributed by atoms with Crippen molar-refractivity contribution in [1.82, 2.24) is 30.4 Å². The highest BCUT2D eigenvalue weighted by Crippen LogP contribution is 2.46. The molecule has 68 heavy (non-hydrogen) atoms. The van der Waals surface area contributed by atoms with Crippen molar-refractivity contribution in [3.05, 3.63) is 144 Å². The molecule has 2 N–H and O–H groups in total. The van der Waals surface area contributed by atoms with Crippen molar-refractivity contribution in [2.75, 3.05) is 68.1 Å². The molecule has 3 aliphatic rings. The molecule has 0 radical (unpaired) electrons. The van der Waals surface area contributed by atoms with Crippen LogP contribution in [0.4, 0.5) is 55.6 Å². The van der Waals surface area contributed by atoms with Gasteiger partial charge in [-0.1, -0.05) is 82.1 Å². The number of pyridine rings is 2. The Hall–Kier alpha value is -4.50. The van der Waals surface area contributed by atoms with E-state index >= 15 is 0 Å². The van der Waals surface area contributed by atoms with Gasteiger partial charge in [-0.05, 0) is 90.7 Å². The number of amides is 4. The molecule has 1 saturated heterocycles. The van der Waals surface area contributed by atoms with E-state index in [0.29, 0.717) is 68.8 Å². The zero-order chi connectivity index (χ0) is 48.4. The number of rotatable bonds is 10. The van der Waals surface area contributed by atoms with Crippen LogP contribution in [0.15, 0.2) is 109 Å². The summed E-state index contributed by atoms with van der Waals surface area (Å²) in [6.45, 7) is 5.45. The molecule has 22 heteroatoms. The number of carbonyl (C=O) groups excluding carboxylic acids is 2. The smallest absolute Gasteiger partial charge is 0.326 e. The molecule has 4 amide bonds. The maximum Gasteiger partial charge on any atom is 0.326 e. The topological polar surface area (TPSA) is 100 Å². The number of likely N-dealkylation sites (N-methyl/N-ethyl adjacent to an activating group) is 1. The van der Waals surface area contributed by atoms with E-state index in [0.717, 1.165) is 80.6 Å². The summed E-state index contributed by atoms with van der Waals surface area (Å²) in [6.07, 6.45) is 0. The maximum absolute atomic E-state index is 14.7. The summed E-state index contributed by atoms with van der Waals surface area (Å²) >= 11 is 31.2. The number of fused-ring (bicyclic) bond motifs is 2. The molecular formula is C46H38BrCl4F4N9O2S2. The Balaban J connectivity index is 0.000000192. The number of urea groups is 2. The van der Waals surface area contributed by atoms with Gasteiger partial charge in [-0.25, -0.2) is 37.1 Å². The highest BCUT2D eigenvalue weighted by molar-refractivity contribution is 9.10. The Kier molecular flexibility index (Phi) is 15.9. The first-order valence-electron chi connectivity index (χ1n) is 20.7. The number of carbonyl (C=O) groups is 2. The molecule has 9 rings (SSSR count). The molecule has 0 bridgehead atoms. The van der Waals surface area contributed by atoms with Gasteiger partial charge in [0.15, 0.2) is 0 Å². The summed E-state index contributed by atoms with van der Waals surface area (Å²) in [5, 5.41) is 7.87. The standard InChI is InChI=1S/C27H28Cl2F2N6OS.C19H10BrCl2F2N3OS/c1-34(2)8-9-35-10-12-36(13-11-35)23-15-22-21(33-26(23)39-24-7-6-17(30)14-20(24)31)16-32-27(38)37(22)25-18(28)4-3-5-19(25)29;20-10-7-15-14(26-18(10)29-16-5-4-9(23)6-13(16)24)8-25-19(28)27(15)17-11(21)2-1-3-12(17)22/h3-7,14-15H,8-13,16H2,1-2H3,(H,32,38);1-7H,8H2,(H,25,28). The number of nitrogens with zero attached hydrogens (tertiary/aromatic N) is 7. The highest BCUT2D eigenvalue weighted by Gasteiger charge is 2.34. The van der Waals surface area contributed by atoms with Gasteiger partial charge < -0.3 is 20.4 Å². The van der Waals surface area contributed by atoms with Gasteiger partial charge in [-0.3, -0.25) is 14.7 Å². The van der Waals surface area contributed by atoms with Crippen LogP contribution >= 0.6 is 85.9 Å². The minimum absolute atomic E-state index is 0.180. The van der Waals surface area contributed by atoms with Gasteiger partial charge in [-0.15, -0.1) is 0 Å². The third-order valence-electron chi connectivity index (χ3n) is 10.8. The van der Waals surface area contributed by atoms with Crippen molar-refractivity contribution < 1.29 is 27.2 Å². The highest BCUT2D eigenvalue weighted by atomic mass is 79.9. The number of benzene rings is 4. The lowest BCUT2D eigenvalue weighted by Crippen LogP contribution is -2.48. The second kappa shape index (κ2) is 21.6. The van der Waals surface area contributed by atoms with Gasteiger partial charge in [0.25, 0.3) is 0 Å². The summed E-state index contributed by atoms with van der Waals surface area (Å²) in [7, 11) is 4.11. The average molecular weight is 1110 g/mol. The fourth-order valence-corrected chi connectivity index (χ4v) is 10.9. The van der Waals surface area contributed by atoms with Crippen LogP contribution in [0, 0.1) is 23.3 Å². The number of halogens is 9. The molecule has 0 spiro atoms. The Morgan fingerprint density at radius 1 is 0.632 bits per heavy atom. The summed E-state index contributed by atoms with van der Waals surface area (Å²) in [4.78, 5) is 45.2. The van der Waals surface area contributed by atoms with Gasteiger partial charge in [0.05, 0.1) is 77.5 Å². The lowest BCUT2D eigenvalue weighted by molar-refractivity contribution is 0.229. The van der Waals surface area contributed by atoms with Crippen molar-refractivity contribution in [2.24, 2.45) is 0 Å². The van der Waals surface area contributed by atoms with Gasteiger partial charge in [0, 0.05) is 61.2 Å². The summed E-state index contributed by atoms with van der Waals surface area (Å²) in [5.41, 5.74) is 3.66. The lowest BCUT2D eigenvalue weighted by Gasteiger charge is -2.38. The number of para-hydroxylation sites is 2. The Labute approximate surface area is 426 Å². The minimum Gasteiger partial charge on any atom is -0.367 e. The number of hydrogen-bond acceptors (Lipinski definition) is 9. The van der Waals surface area contributed by atoms with Crippen LogP contribution in [0.5, 0.6) is 0 Å². The van der Waals surface area contributed by atoms with Crippen LogP contribution in [-0.4, -0.2) is 85.2 Å². The third kappa shape index (κ3) is 11.1. The van der Waals surface area contributed by atoms with E-state index in [1.165, 1.54) is 34.1 Å². The summed E-state index contributed by atoms with van der Waals surface area (Å²) < 4.78 is 56.0. The number of anilines is 5. The predicted octanol–water partition coefficient (Wildman–Crippen LogP) is 12.8. The number of nitrogens with one attached hydrogen (secondary N) is 2. The van der Waals surface area contributed by atoms with Crippen LogP contribution in [0.25, 0.3) is 0 Å². The first kappa shape index (κ1) is 49.9. The lowest BCUT2D eigenvalue weighted by atomic mass is 10.1. The Morgan fingerprint density at radius 2 is 1.09 bits per heavy atom. The molecule has 0 aliphatic carbocycles. The molecule has 0 saturated carbocycles. The van der Waals surface area contributed by atoms with Crippen LogP contribution in [0.3, 0.4) is 0 Å². The van der Waals surface area contributed by atoms with Gasteiger partial charge in [0.2, 0.25) is 0 Å². The van der Waals surface area contributed by atoms with Crippen molar-refractivity contribution in [3.63, 3.8) is 0 Å². The van der Waals surface area contributed by atoms with E-state index in [9.17, 15) is 27.2 Å². The van der Waals surface area contributed by atoms with E-state index in [1.807, 2.05) is 6.07 Å². The molecule has 5 heterocycles. The molecular weight excluding hydrogens is 1070 g/mol. The second-order valence-electron chi connectivity index (χ2n) is 15.6. The molecule has 0 atom stereocenters. The van der Waals surface area contributed by atoms with Crippen LogP contribution in [0.1, 0.15) is 11.4 Å². The molecule has 354 valence electrons. The number of piperazine rings is 1. The SMILES string of the molecule is CN(C)CCN1CCN(c2cc3c(nc2Sc2ccc(F)cc2F)CNC(=O)N3c2c(Cl)cccc2Cl)CC1.O=C1NCc2nc(Sc3ccc(F)cc3F)c(Br)cc2N1c1c(Cl)cccc1Cl. The molecule has 4 aromatic carbocycles.